The topological polar surface area (TPSA) is 41.1 Å². The molecule has 98 valence electrons. The first-order valence-corrected chi connectivity index (χ1v) is 7.26. The molecular formula is C14H19BrN2O. The number of nitrogens with one attached hydrogen (secondary N) is 2. The van der Waals surface area contributed by atoms with Gasteiger partial charge >= 0.3 is 0 Å². The highest BCUT2D eigenvalue weighted by molar-refractivity contribution is 9.10. The van der Waals surface area contributed by atoms with Gasteiger partial charge in [-0.15, -0.1) is 0 Å². The average molecular weight is 311 g/mol. The summed E-state index contributed by atoms with van der Waals surface area (Å²) in [6.45, 7) is 2.51. The van der Waals surface area contributed by atoms with Gasteiger partial charge in [-0.3, -0.25) is 4.79 Å². The molecule has 2 rings (SSSR count). The van der Waals surface area contributed by atoms with Gasteiger partial charge in [-0.2, -0.15) is 0 Å². The third kappa shape index (κ3) is 4.10. The molecule has 0 spiro atoms. The van der Waals surface area contributed by atoms with Crippen LogP contribution in [0.3, 0.4) is 0 Å². The number of halogens is 1. The number of amides is 1. The number of hydrogen-bond donors (Lipinski definition) is 2. The summed E-state index contributed by atoms with van der Waals surface area (Å²) in [6.07, 6.45) is 3.23. The Morgan fingerprint density at radius 2 is 2.28 bits per heavy atom. The normalized spacial score (nSPS) is 16.3. The first kappa shape index (κ1) is 13.6. The Labute approximate surface area is 116 Å². The molecule has 0 bridgehead atoms. The van der Waals surface area contributed by atoms with E-state index in [9.17, 15) is 4.79 Å². The van der Waals surface area contributed by atoms with Crippen molar-refractivity contribution in [2.45, 2.75) is 38.3 Å². The molecule has 0 aromatic heterocycles. The lowest BCUT2D eigenvalue weighted by Crippen LogP contribution is -2.36. The van der Waals surface area contributed by atoms with E-state index in [1.54, 1.807) is 0 Å². The quantitative estimate of drug-likeness (QED) is 0.848. The molecule has 2 N–H and O–H groups in total. The maximum atomic E-state index is 11.6. The first-order valence-electron chi connectivity index (χ1n) is 6.47. The second-order valence-corrected chi connectivity index (χ2v) is 5.65. The van der Waals surface area contributed by atoms with Gasteiger partial charge in [0.25, 0.3) is 0 Å². The van der Waals surface area contributed by atoms with Crippen LogP contribution < -0.4 is 10.6 Å². The summed E-state index contributed by atoms with van der Waals surface area (Å²) < 4.78 is 1.07. The summed E-state index contributed by atoms with van der Waals surface area (Å²) in [4.78, 5) is 11.6. The van der Waals surface area contributed by atoms with Gasteiger partial charge in [0, 0.05) is 16.6 Å². The minimum absolute atomic E-state index is 0.103. The van der Waals surface area contributed by atoms with Crippen molar-refractivity contribution in [2.75, 3.05) is 6.54 Å². The fraction of sp³-hybridized carbons (Fsp3) is 0.500. The Morgan fingerprint density at radius 1 is 1.50 bits per heavy atom. The molecule has 1 aliphatic carbocycles. The van der Waals surface area contributed by atoms with Crippen LogP contribution in [0.15, 0.2) is 28.7 Å². The van der Waals surface area contributed by atoms with E-state index >= 15 is 0 Å². The minimum atomic E-state index is 0.103. The van der Waals surface area contributed by atoms with E-state index < -0.39 is 0 Å². The Kier molecular flexibility index (Phi) is 4.78. The largest absolute Gasteiger partial charge is 0.352 e. The van der Waals surface area contributed by atoms with Gasteiger partial charge < -0.3 is 10.6 Å². The van der Waals surface area contributed by atoms with Crippen molar-refractivity contribution in [3.63, 3.8) is 0 Å². The Balaban J connectivity index is 1.86. The van der Waals surface area contributed by atoms with Crippen LogP contribution in [0.2, 0.25) is 0 Å². The minimum Gasteiger partial charge on any atom is -0.352 e. The van der Waals surface area contributed by atoms with Gasteiger partial charge in [-0.05, 0) is 37.0 Å². The highest BCUT2D eigenvalue weighted by Crippen LogP contribution is 2.21. The molecule has 0 radical (unpaired) electrons. The number of rotatable bonds is 6. The van der Waals surface area contributed by atoms with Gasteiger partial charge in [0.15, 0.2) is 0 Å². The van der Waals surface area contributed by atoms with E-state index in [1.807, 2.05) is 12.1 Å². The third-order valence-corrected chi connectivity index (χ3v) is 3.60. The van der Waals surface area contributed by atoms with E-state index in [1.165, 1.54) is 5.56 Å². The van der Waals surface area contributed by atoms with Crippen LogP contribution in [0.4, 0.5) is 0 Å². The van der Waals surface area contributed by atoms with Gasteiger partial charge in [-0.1, -0.05) is 35.0 Å². The summed E-state index contributed by atoms with van der Waals surface area (Å²) in [5.74, 6) is 0.103. The zero-order valence-corrected chi connectivity index (χ0v) is 12.2. The molecule has 1 atom stereocenters. The van der Waals surface area contributed by atoms with Gasteiger partial charge in [0.05, 0.1) is 6.54 Å². The number of carbonyl (C=O) groups excluding carboxylic acids is 1. The van der Waals surface area contributed by atoms with Crippen molar-refractivity contribution in [2.24, 2.45) is 0 Å². The fourth-order valence-corrected chi connectivity index (χ4v) is 2.36. The van der Waals surface area contributed by atoms with Crippen LogP contribution >= 0.6 is 15.9 Å². The molecule has 18 heavy (non-hydrogen) atoms. The summed E-state index contributed by atoms with van der Waals surface area (Å²) in [5.41, 5.74) is 1.21. The number of benzene rings is 1. The van der Waals surface area contributed by atoms with Crippen LogP contribution in [0.25, 0.3) is 0 Å². The van der Waals surface area contributed by atoms with Crippen molar-refractivity contribution < 1.29 is 4.79 Å². The summed E-state index contributed by atoms with van der Waals surface area (Å²) in [5, 5.41) is 6.30. The van der Waals surface area contributed by atoms with E-state index in [0.29, 0.717) is 12.6 Å². The van der Waals surface area contributed by atoms with Gasteiger partial charge in [0.1, 0.15) is 0 Å². The Hall–Kier alpha value is -0.870. The van der Waals surface area contributed by atoms with E-state index in [4.69, 9.17) is 0 Å². The molecule has 1 unspecified atom stereocenters. The lowest BCUT2D eigenvalue weighted by atomic mass is 10.0. The number of hydrogen-bond acceptors (Lipinski definition) is 2. The molecule has 1 aliphatic rings. The molecule has 1 aromatic rings. The van der Waals surface area contributed by atoms with E-state index in [-0.39, 0.29) is 11.9 Å². The first-order chi connectivity index (χ1) is 8.69. The van der Waals surface area contributed by atoms with Crippen molar-refractivity contribution >= 4 is 21.8 Å². The summed E-state index contributed by atoms with van der Waals surface area (Å²) in [7, 11) is 0. The predicted molar refractivity (Wildman–Crippen MR) is 76.3 cm³/mol. The van der Waals surface area contributed by atoms with Crippen molar-refractivity contribution in [3.05, 3.63) is 34.3 Å². The van der Waals surface area contributed by atoms with Crippen molar-refractivity contribution in [3.8, 4) is 0 Å². The molecule has 1 aromatic carbocycles. The third-order valence-electron chi connectivity index (χ3n) is 3.11. The highest BCUT2D eigenvalue weighted by Gasteiger charge is 2.23. The second kappa shape index (κ2) is 6.34. The average Bonchev–Trinajstić information content (AvgIpc) is 3.14. The molecule has 4 heteroatoms. The Bertz CT molecular complexity index is 418. The Morgan fingerprint density at radius 3 is 2.89 bits per heavy atom. The van der Waals surface area contributed by atoms with Crippen molar-refractivity contribution in [1.82, 2.24) is 10.6 Å². The summed E-state index contributed by atoms with van der Waals surface area (Å²) >= 11 is 3.47. The van der Waals surface area contributed by atoms with Crippen LogP contribution in [-0.2, 0) is 4.79 Å². The predicted octanol–water partition coefficient (Wildman–Crippen LogP) is 2.77. The van der Waals surface area contributed by atoms with Crippen LogP contribution in [0.5, 0.6) is 0 Å². The zero-order chi connectivity index (χ0) is 13.0. The molecule has 0 heterocycles. The highest BCUT2D eigenvalue weighted by atomic mass is 79.9. The lowest BCUT2D eigenvalue weighted by Gasteiger charge is -2.17. The fourth-order valence-electron chi connectivity index (χ4n) is 1.94. The second-order valence-electron chi connectivity index (χ2n) is 4.74. The van der Waals surface area contributed by atoms with Crippen molar-refractivity contribution in [1.29, 1.82) is 0 Å². The maximum Gasteiger partial charge on any atom is 0.234 e. The molecule has 0 saturated heterocycles. The monoisotopic (exact) mass is 310 g/mol. The standard InChI is InChI=1S/C14H19BrN2O/c1-2-13(10-4-3-5-11(15)8-10)16-9-14(18)17-12-6-7-12/h3-5,8,12-13,16H,2,6-7,9H2,1H3,(H,17,18). The van der Waals surface area contributed by atoms with Gasteiger partial charge in [0.2, 0.25) is 5.91 Å². The zero-order valence-electron chi connectivity index (χ0n) is 10.6. The van der Waals surface area contributed by atoms with Crippen LogP contribution in [-0.4, -0.2) is 18.5 Å². The lowest BCUT2D eigenvalue weighted by molar-refractivity contribution is -0.120. The molecule has 1 amide bonds. The molecule has 1 fully saturated rings. The van der Waals surface area contributed by atoms with E-state index in [2.05, 4.69) is 45.6 Å². The molecule has 1 saturated carbocycles. The molecular weight excluding hydrogens is 292 g/mol. The van der Waals surface area contributed by atoms with Gasteiger partial charge in [-0.25, -0.2) is 0 Å². The SMILES string of the molecule is CCC(NCC(=O)NC1CC1)c1cccc(Br)c1. The van der Waals surface area contributed by atoms with E-state index in [0.717, 1.165) is 23.7 Å². The van der Waals surface area contributed by atoms with Crippen LogP contribution in [0.1, 0.15) is 37.8 Å². The maximum absolute atomic E-state index is 11.6. The number of carbonyl (C=O) groups is 1. The molecule has 0 aliphatic heterocycles. The molecule has 3 nitrogen and oxygen atoms in total. The summed E-state index contributed by atoms with van der Waals surface area (Å²) in [6, 6.07) is 8.88. The van der Waals surface area contributed by atoms with Crippen LogP contribution in [0, 0.1) is 0 Å². The smallest absolute Gasteiger partial charge is 0.234 e.